The van der Waals surface area contributed by atoms with E-state index in [1.54, 1.807) is 18.2 Å². The van der Waals surface area contributed by atoms with E-state index in [4.69, 9.17) is 16.3 Å². The third-order valence-corrected chi connectivity index (χ3v) is 3.16. The molecule has 0 bridgehead atoms. The van der Waals surface area contributed by atoms with Crippen LogP contribution >= 0.6 is 11.6 Å². The number of allylic oxidation sites excluding steroid dienone is 1. The summed E-state index contributed by atoms with van der Waals surface area (Å²) in [5.74, 6) is 0.812. The molecule has 95 valence electrons. The molecule has 1 aliphatic heterocycles. The van der Waals surface area contributed by atoms with Crippen molar-refractivity contribution in [1.82, 2.24) is 0 Å². The average molecular weight is 265 g/mol. The van der Waals surface area contributed by atoms with Gasteiger partial charge >= 0.3 is 0 Å². The van der Waals surface area contributed by atoms with Crippen molar-refractivity contribution in [3.63, 3.8) is 0 Å². The van der Waals surface area contributed by atoms with Gasteiger partial charge in [-0.1, -0.05) is 18.5 Å². The lowest BCUT2D eigenvalue weighted by atomic mass is 10.1. The van der Waals surface area contributed by atoms with Crippen LogP contribution in [0.5, 0.6) is 0 Å². The number of anilines is 1. The van der Waals surface area contributed by atoms with Crippen molar-refractivity contribution in [2.45, 2.75) is 33.4 Å². The van der Waals surface area contributed by atoms with Gasteiger partial charge in [-0.3, -0.25) is 9.69 Å². The van der Waals surface area contributed by atoms with E-state index in [2.05, 4.69) is 6.20 Å². The molecule has 0 saturated heterocycles. The van der Waals surface area contributed by atoms with E-state index in [9.17, 15) is 4.79 Å². The first-order valence-corrected chi connectivity index (χ1v) is 6.29. The summed E-state index contributed by atoms with van der Waals surface area (Å²) in [5, 5.41) is 0.584. The van der Waals surface area contributed by atoms with Crippen molar-refractivity contribution in [1.29, 1.82) is 0 Å². The van der Waals surface area contributed by atoms with Gasteiger partial charge in [0.2, 0.25) is 0 Å². The van der Waals surface area contributed by atoms with Crippen molar-refractivity contribution in [3.8, 4) is 0 Å². The fourth-order valence-corrected chi connectivity index (χ4v) is 2.13. The monoisotopic (exact) mass is 264 g/mol. The van der Waals surface area contributed by atoms with Crippen LogP contribution in [0, 0.1) is 6.20 Å². The van der Waals surface area contributed by atoms with Gasteiger partial charge in [0.25, 0.3) is 0 Å². The fraction of sp³-hybridized carbons (Fsp3) is 0.357. The van der Waals surface area contributed by atoms with Crippen LogP contribution in [0.25, 0.3) is 0 Å². The van der Waals surface area contributed by atoms with E-state index < -0.39 is 0 Å². The molecule has 0 N–H and O–H groups in total. The van der Waals surface area contributed by atoms with E-state index in [1.165, 1.54) is 0 Å². The molecule has 0 amide bonds. The van der Waals surface area contributed by atoms with Gasteiger partial charge in [0.15, 0.2) is 12.0 Å². The molecule has 4 heteroatoms. The molecule has 0 aliphatic carbocycles. The molecule has 0 aromatic heterocycles. The summed E-state index contributed by atoms with van der Waals surface area (Å²) in [5.41, 5.74) is 1.41. The number of hydrogen-bond donors (Lipinski definition) is 0. The number of ketones is 1. The molecule has 1 unspecified atom stereocenters. The van der Waals surface area contributed by atoms with Crippen LogP contribution in [0.3, 0.4) is 0 Å². The van der Waals surface area contributed by atoms with E-state index in [0.29, 0.717) is 22.8 Å². The van der Waals surface area contributed by atoms with Crippen LogP contribution in [-0.2, 0) is 4.74 Å². The Labute approximate surface area is 112 Å². The molecule has 1 aromatic carbocycles. The third-order valence-electron chi connectivity index (χ3n) is 2.84. The summed E-state index contributed by atoms with van der Waals surface area (Å²) in [6.45, 7) is 5.59. The molecule has 1 heterocycles. The van der Waals surface area contributed by atoms with Crippen LogP contribution < -0.4 is 4.90 Å². The highest BCUT2D eigenvalue weighted by Gasteiger charge is 2.24. The summed E-state index contributed by atoms with van der Waals surface area (Å²) in [7, 11) is 0. The Bertz CT molecular complexity index is 511. The zero-order chi connectivity index (χ0) is 13.3. The summed E-state index contributed by atoms with van der Waals surface area (Å²) < 4.78 is 5.50. The van der Waals surface area contributed by atoms with E-state index in [0.717, 1.165) is 5.69 Å². The highest BCUT2D eigenvalue weighted by Crippen LogP contribution is 2.32. The molecule has 2 rings (SSSR count). The van der Waals surface area contributed by atoms with Crippen molar-refractivity contribution < 1.29 is 9.53 Å². The minimum Gasteiger partial charge on any atom is -0.473 e. The number of benzene rings is 1. The predicted molar refractivity (Wildman–Crippen MR) is 71.5 cm³/mol. The van der Waals surface area contributed by atoms with Gasteiger partial charge in [0, 0.05) is 12.0 Å². The summed E-state index contributed by atoms with van der Waals surface area (Å²) in [6.07, 6.45) is 3.40. The van der Waals surface area contributed by atoms with E-state index >= 15 is 0 Å². The average Bonchev–Trinajstić information content (AvgIpc) is 2.68. The van der Waals surface area contributed by atoms with Gasteiger partial charge < -0.3 is 4.74 Å². The van der Waals surface area contributed by atoms with Crippen molar-refractivity contribution in [2.24, 2.45) is 0 Å². The first-order valence-electron chi connectivity index (χ1n) is 5.91. The minimum absolute atomic E-state index is 0.0985. The molecular formula is C14H15ClNO2. The van der Waals surface area contributed by atoms with Gasteiger partial charge in [-0.05, 0) is 32.0 Å². The molecule has 0 saturated carbocycles. The Morgan fingerprint density at radius 3 is 2.83 bits per heavy atom. The van der Waals surface area contributed by atoms with Gasteiger partial charge in [0.1, 0.15) is 12.0 Å². The second-order valence-electron chi connectivity index (χ2n) is 4.20. The molecule has 0 spiro atoms. The molecule has 3 nitrogen and oxygen atoms in total. The number of ether oxygens (including phenoxy) is 1. The Morgan fingerprint density at radius 2 is 2.28 bits per heavy atom. The van der Waals surface area contributed by atoms with Crippen LogP contribution in [0.4, 0.5) is 5.69 Å². The van der Waals surface area contributed by atoms with Gasteiger partial charge in [-0.2, -0.15) is 0 Å². The molecule has 1 atom stereocenters. The van der Waals surface area contributed by atoms with Crippen molar-refractivity contribution >= 4 is 23.1 Å². The molecule has 1 aromatic rings. The topological polar surface area (TPSA) is 29.5 Å². The number of hydrogen-bond acceptors (Lipinski definition) is 3. The van der Waals surface area contributed by atoms with Crippen molar-refractivity contribution in [3.05, 3.63) is 40.7 Å². The summed E-state index contributed by atoms with van der Waals surface area (Å²) in [4.78, 5) is 13.5. The maximum atomic E-state index is 11.7. The lowest BCUT2D eigenvalue weighted by Crippen LogP contribution is -2.25. The minimum atomic E-state index is -0.158. The Kier molecular flexibility index (Phi) is 3.62. The van der Waals surface area contributed by atoms with Gasteiger partial charge in [-0.25, -0.2) is 0 Å². The van der Waals surface area contributed by atoms with Gasteiger partial charge in [-0.15, -0.1) is 0 Å². The maximum Gasteiger partial charge on any atom is 0.173 e. The normalized spacial score (nSPS) is 18.6. The Hall–Kier alpha value is -1.48. The summed E-state index contributed by atoms with van der Waals surface area (Å²) in [6, 6.07) is 5.28. The number of carbonyl (C=O) groups excluding carboxylic acids is 1. The van der Waals surface area contributed by atoms with E-state index in [-0.39, 0.29) is 12.0 Å². The largest absolute Gasteiger partial charge is 0.473 e. The highest BCUT2D eigenvalue weighted by molar-refractivity contribution is 6.33. The summed E-state index contributed by atoms with van der Waals surface area (Å²) >= 11 is 6.18. The lowest BCUT2D eigenvalue weighted by molar-refractivity contribution is 0.0988. The molecule has 0 fully saturated rings. The maximum absolute atomic E-state index is 11.7. The SMILES string of the molecule is CCC(=O)c1ccc(Cl)c(N2[C]=C(C)OC2C)c1. The second-order valence-corrected chi connectivity index (χ2v) is 4.61. The molecule has 1 radical (unpaired) electrons. The highest BCUT2D eigenvalue weighted by atomic mass is 35.5. The fourth-order valence-electron chi connectivity index (χ4n) is 1.93. The number of rotatable bonds is 3. The van der Waals surface area contributed by atoms with Crippen LogP contribution in [0.1, 0.15) is 37.6 Å². The molecular weight excluding hydrogens is 250 g/mol. The zero-order valence-corrected chi connectivity index (χ0v) is 11.4. The number of Topliss-reactive ketones (excluding diaryl/α,β-unsaturated/α-hetero) is 1. The Balaban J connectivity index is 2.41. The Morgan fingerprint density at radius 1 is 1.56 bits per heavy atom. The third kappa shape index (κ3) is 2.36. The van der Waals surface area contributed by atoms with E-state index in [1.807, 2.05) is 25.7 Å². The van der Waals surface area contributed by atoms with Crippen LogP contribution in [0.2, 0.25) is 5.02 Å². The first-order chi connectivity index (χ1) is 8.52. The van der Waals surface area contributed by atoms with Crippen molar-refractivity contribution in [2.75, 3.05) is 4.90 Å². The number of nitrogens with zero attached hydrogens (tertiary/aromatic N) is 1. The predicted octanol–water partition coefficient (Wildman–Crippen LogP) is 3.78. The molecule has 18 heavy (non-hydrogen) atoms. The number of carbonyl (C=O) groups is 1. The van der Waals surface area contributed by atoms with Gasteiger partial charge in [0.05, 0.1) is 10.7 Å². The van der Waals surface area contributed by atoms with Crippen LogP contribution in [-0.4, -0.2) is 12.0 Å². The van der Waals surface area contributed by atoms with Crippen LogP contribution in [0.15, 0.2) is 24.0 Å². The second kappa shape index (κ2) is 5.02. The first kappa shape index (κ1) is 13.0. The molecule has 1 aliphatic rings. The lowest BCUT2D eigenvalue weighted by Gasteiger charge is -2.21. The number of halogens is 1. The quantitative estimate of drug-likeness (QED) is 0.778. The standard InChI is InChI=1S/C14H15ClNO2/c1-4-14(17)11-5-6-12(15)13(7-11)16-8-9(2)18-10(16)3/h5-7,10H,4H2,1-3H3. The zero-order valence-electron chi connectivity index (χ0n) is 10.7. The smallest absolute Gasteiger partial charge is 0.173 e.